The molecule has 0 unspecified atom stereocenters. The van der Waals surface area contributed by atoms with Gasteiger partial charge in [0.1, 0.15) is 0 Å². The third-order valence-electron chi connectivity index (χ3n) is 3.13. The van der Waals surface area contributed by atoms with E-state index in [1.165, 1.54) is 12.1 Å². The molecule has 4 nitrogen and oxygen atoms in total. The van der Waals surface area contributed by atoms with Gasteiger partial charge in [-0.15, -0.1) is 0 Å². The Morgan fingerprint density at radius 3 is 2.52 bits per heavy atom. The van der Waals surface area contributed by atoms with Crippen molar-refractivity contribution in [1.82, 2.24) is 5.32 Å². The number of aromatic hydroxyl groups is 1. The fourth-order valence-electron chi connectivity index (χ4n) is 2.05. The second-order valence-electron chi connectivity index (χ2n) is 5.01. The molecule has 0 fully saturated rings. The van der Waals surface area contributed by atoms with Gasteiger partial charge >= 0.3 is 0 Å². The molecule has 0 spiro atoms. The van der Waals surface area contributed by atoms with Gasteiger partial charge in [-0.1, -0.05) is 40.9 Å². The molecule has 23 heavy (non-hydrogen) atoms. The topological polar surface area (TPSA) is 61.4 Å². The van der Waals surface area contributed by atoms with E-state index in [4.69, 9.17) is 35.4 Å². The lowest BCUT2D eigenvalue weighted by Gasteiger charge is -2.13. The number of carbonyl (C=O) groups excluding carboxylic acids is 1. The number of rotatable bonds is 2. The number of hydrogen-bond acceptors (Lipinski definition) is 3. The van der Waals surface area contributed by atoms with Gasteiger partial charge in [-0.2, -0.15) is 0 Å². The summed E-state index contributed by atoms with van der Waals surface area (Å²) in [7, 11) is 0. The van der Waals surface area contributed by atoms with Crippen molar-refractivity contribution in [1.29, 1.82) is 0 Å². The highest BCUT2D eigenvalue weighted by molar-refractivity contribution is 7.80. The zero-order valence-electron chi connectivity index (χ0n) is 12.4. The summed E-state index contributed by atoms with van der Waals surface area (Å²) in [5.41, 5.74) is 2.65. The summed E-state index contributed by atoms with van der Waals surface area (Å²) < 4.78 is 0. The van der Waals surface area contributed by atoms with Gasteiger partial charge in [0.2, 0.25) is 0 Å². The maximum atomic E-state index is 12.2. The summed E-state index contributed by atoms with van der Waals surface area (Å²) in [6.45, 7) is 3.80. The van der Waals surface area contributed by atoms with Gasteiger partial charge in [-0.05, 0) is 49.8 Å². The largest absolute Gasteiger partial charge is 0.504 e. The molecular weight excluding hydrogens is 355 g/mol. The van der Waals surface area contributed by atoms with E-state index < -0.39 is 0 Å². The van der Waals surface area contributed by atoms with E-state index in [1.807, 2.05) is 26.0 Å². The van der Waals surface area contributed by atoms with Crippen LogP contribution in [-0.4, -0.2) is 16.1 Å². The molecule has 3 N–H and O–H groups in total. The SMILES string of the molecule is Cc1ccc(C(=O)NC(=S)Nc2cc(Cl)cc(Cl)c2O)c(C)c1. The van der Waals surface area contributed by atoms with Crippen molar-refractivity contribution in [3.8, 4) is 5.75 Å². The van der Waals surface area contributed by atoms with Crippen LogP contribution in [0.25, 0.3) is 0 Å². The highest BCUT2D eigenvalue weighted by Crippen LogP contribution is 2.34. The molecule has 2 rings (SSSR count). The zero-order chi connectivity index (χ0) is 17.1. The van der Waals surface area contributed by atoms with Crippen molar-refractivity contribution >= 4 is 52.1 Å². The summed E-state index contributed by atoms with van der Waals surface area (Å²) in [5.74, 6) is -0.535. The predicted molar refractivity (Wildman–Crippen MR) is 97.7 cm³/mol. The first-order chi connectivity index (χ1) is 10.8. The van der Waals surface area contributed by atoms with Crippen molar-refractivity contribution in [3.63, 3.8) is 0 Å². The minimum Gasteiger partial charge on any atom is -0.504 e. The Morgan fingerprint density at radius 2 is 1.87 bits per heavy atom. The first-order valence-corrected chi connectivity index (χ1v) is 7.82. The molecule has 0 saturated carbocycles. The molecule has 0 saturated heterocycles. The Labute approximate surface area is 149 Å². The number of amides is 1. The van der Waals surface area contributed by atoms with Gasteiger partial charge in [-0.25, -0.2) is 0 Å². The summed E-state index contributed by atoms with van der Waals surface area (Å²) in [5, 5.41) is 15.6. The molecule has 7 heteroatoms. The third-order valence-corrected chi connectivity index (χ3v) is 3.84. The average Bonchev–Trinajstić information content (AvgIpc) is 2.43. The Morgan fingerprint density at radius 1 is 1.17 bits per heavy atom. The molecule has 120 valence electrons. The van der Waals surface area contributed by atoms with Crippen LogP contribution in [0.1, 0.15) is 21.5 Å². The number of halogens is 2. The van der Waals surface area contributed by atoms with Gasteiger partial charge in [0.25, 0.3) is 5.91 Å². The zero-order valence-corrected chi connectivity index (χ0v) is 14.7. The van der Waals surface area contributed by atoms with E-state index in [1.54, 1.807) is 6.07 Å². The van der Waals surface area contributed by atoms with Gasteiger partial charge in [0.05, 0.1) is 10.7 Å². The Bertz CT molecular complexity index is 794. The molecule has 0 aliphatic carbocycles. The van der Waals surface area contributed by atoms with E-state index in [9.17, 15) is 9.90 Å². The molecule has 2 aromatic carbocycles. The number of aryl methyl sites for hydroxylation is 2. The molecule has 0 aliphatic heterocycles. The maximum Gasteiger partial charge on any atom is 0.257 e. The van der Waals surface area contributed by atoms with Crippen molar-refractivity contribution in [3.05, 3.63) is 57.1 Å². The van der Waals surface area contributed by atoms with Crippen LogP contribution < -0.4 is 10.6 Å². The highest BCUT2D eigenvalue weighted by Gasteiger charge is 2.13. The van der Waals surface area contributed by atoms with Crippen LogP contribution in [0.3, 0.4) is 0 Å². The number of benzene rings is 2. The molecule has 0 atom stereocenters. The van der Waals surface area contributed by atoms with Gasteiger partial charge in [0, 0.05) is 10.6 Å². The molecule has 0 radical (unpaired) electrons. The van der Waals surface area contributed by atoms with Crippen LogP contribution in [0.4, 0.5) is 5.69 Å². The van der Waals surface area contributed by atoms with Crippen LogP contribution in [0.15, 0.2) is 30.3 Å². The second kappa shape index (κ2) is 7.17. The first-order valence-electron chi connectivity index (χ1n) is 6.65. The predicted octanol–water partition coefficient (Wildman–Crippen LogP) is 4.44. The Hall–Kier alpha value is -1.82. The molecule has 0 heterocycles. The van der Waals surface area contributed by atoms with E-state index in [0.717, 1.165) is 11.1 Å². The van der Waals surface area contributed by atoms with E-state index >= 15 is 0 Å². The Kier molecular flexibility index (Phi) is 5.46. The molecule has 0 aliphatic rings. The average molecular weight is 369 g/mol. The number of nitrogens with one attached hydrogen (secondary N) is 2. The lowest BCUT2D eigenvalue weighted by atomic mass is 10.1. The van der Waals surface area contributed by atoms with E-state index in [2.05, 4.69) is 10.6 Å². The van der Waals surface area contributed by atoms with Crippen molar-refractivity contribution in [2.75, 3.05) is 5.32 Å². The monoisotopic (exact) mass is 368 g/mol. The van der Waals surface area contributed by atoms with Crippen LogP contribution in [-0.2, 0) is 0 Å². The van der Waals surface area contributed by atoms with Crippen LogP contribution in [0, 0.1) is 13.8 Å². The molecule has 0 bridgehead atoms. The third kappa shape index (κ3) is 4.34. The fraction of sp³-hybridized carbons (Fsp3) is 0.125. The van der Waals surface area contributed by atoms with E-state index in [0.29, 0.717) is 10.6 Å². The molecule has 2 aromatic rings. The summed E-state index contributed by atoms with van der Waals surface area (Å²) in [4.78, 5) is 12.2. The number of hydrogen-bond donors (Lipinski definition) is 3. The van der Waals surface area contributed by atoms with Crippen LogP contribution >= 0.6 is 35.4 Å². The van der Waals surface area contributed by atoms with Crippen molar-refractivity contribution in [2.24, 2.45) is 0 Å². The fourth-order valence-corrected chi connectivity index (χ4v) is 2.75. The Balaban J connectivity index is 2.12. The van der Waals surface area contributed by atoms with Crippen molar-refractivity contribution in [2.45, 2.75) is 13.8 Å². The summed E-state index contributed by atoms with van der Waals surface area (Å²) in [6, 6.07) is 8.35. The van der Waals surface area contributed by atoms with Gasteiger partial charge < -0.3 is 10.4 Å². The summed E-state index contributed by atoms with van der Waals surface area (Å²) >= 11 is 16.8. The standard InChI is InChI=1S/C16H14Cl2N2O2S/c1-8-3-4-11(9(2)5-8)15(22)20-16(23)19-13-7-10(17)6-12(18)14(13)21/h3-7,21H,1-2H3,(H2,19,20,22,23). The number of anilines is 1. The lowest BCUT2D eigenvalue weighted by Crippen LogP contribution is -2.34. The molecule has 0 aromatic heterocycles. The van der Waals surface area contributed by atoms with E-state index in [-0.39, 0.29) is 27.5 Å². The number of phenols is 1. The highest BCUT2D eigenvalue weighted by atomic mass is 35.5. The normalized spacial score (nSPS) is 10.3. The van der Waals surface area contributed by atoms with Crippen LogP contribution in [0.5, 0.6) is 5.75 Å². The van der Waals surface area contributed by atoms with Gasteiger partial charge in [0.15, 0.2) is 10.9 Å². The molecular formula is C16H14Cl2N2O2S. The lowest BCUT2D eigenvalue weighted by molar-refractivity contribution is 0.0977. The minimum atomic E-state index is -0.340. The summed E-state index contributed by atoms with van der Waals surface area (Å²) in [6.07, 6.45) is 0. The van der Waals surface area contributed by atoms with Crippen LogP contribution in [0.2, 0.25) is 10.0 Å². The number of phenolic OH excluding ortho intramolecular Hbond substituents is 1. The smallest absolute Gasteiger partial charge is 0.257 e. The first kappa shape index (κ1) is 17.5. The molecule has 1 amide bonds. The van der Waals surface area contributed by atoms with Gasteiger partial charge in [-0.3, -0.25) is 10.1 Å². The maximum absolute atomic E-state index is 12.2. The number of carbonyl (C=O) groups is 1. The van der Waals surface area contributed by atoms with Crippen molar-refractivity contribution < 1.29 is 9.90 Å². The quantitative estimate of drug-likeness (QED) is 0.541. The minimum absolute atomic E-state index is 0.0311. The number of thiocarbonyl (C=S) groups is 1. The second-order valence-corrected chi connectivity index (χ2v) is 6.26.